The van der Waals surface area contributed by atoms with Gasteiger partial charge in [-0.2, -0.15) is 0 Å². The molecule has 0 aromatic carbocycles. The summed E-state index contributed by atoms with van der Waals surface area (Å²) in [7, 11) is 0. The van der Waals surface area contributed by atoms with E-state index in [0.29, 0.717) is 5.91 Å². The van der Waals surface area contributed by atoms with Gasteiger partial charge in [0, 0.05) is 13.1 Å². The standard InChI is InChI=1S/C13H24N2O.ClH/c1-3-11-6-9-15(10-11)12(16)13(2)7-4-5-8-14-13;/h11,14H,3-10H2,1-2H3;1H. The monoisotopic (exact) mass is 260 g/mol. The Kier molecular flexibility index (Phi) is 5.26. The van der Waals surface area contributed by atoms with E-state index in [0.717, 1.165) is 32.0 Å². The summed E-state index contributed by atoms with van der Waals surface area (Å²) in [5.74, 6) is 1.07. The first-order valence-electron chi connectivity index (χ1n) is 6.70. The fraction of sp³-hybridized carbons (Fsp3) is 0.923. The predicted octanol–water partition coefficient (Wildman–Crippen LogP) is 2.20. The van der Waals surface area contributed by atoms with Crippen LogP contribution in [0.4, 0.5) is 0 Å². The van der Waals surface area contributed by atoms with Gasteiger partial charge in [-0.1, -0.05) is 13.3 Å². The second kappa shape index (κ2) is 6.05. The van der Waals surface area contributed by atoms with Crippen LogP contribution >= 0.6 is 12.4 Å². The molecule has 0 bridgehead atoms. The number of halogens is 1. The molecule has 2 saturated heterocycles. The molecular formula is C13H25ClN2O. The average Bonchev–Trinajstić information content (AvgIpc) is 2.77. The van der Waals surface area contributed by atoms with Crippen molar-refractivity contribution in [1.29, 1.82) is 0 Å². The summed E-state index contributed by atoms with van der Waals surface area (Å²) in [5.41, 5.74) is -0.277. The predicted molar refractivity (Wildman–Crippen MR) is 72.5 cm³/mol. The number of hydrogen-bond donors (Lipinski definition) is 1. The molecule has 4 heteroatoms. The number of likely N-dealkylation sites (tertiary alicyclic amines) is 1. The Balaban J connectivity index is 0.00000144. The molecule has 100 valence electrons. The van der Waals surface area contributed by atoms with Crippen molar-refractivity contribution < 1.29 is 4.79 Å². The Hall–Kier alpha value is -0.280. The number of carbonyl (C=O) groups excluding carboxylic acids is 1. The van der Waals surface area contributed by atoms with Crippen LogP contribution in [-0.2, 0) is 4.79 Å². The molecule has 0 radical (unpaired) electrons. The van der Waals surface area contributed by atoms with Gasteiger partial charge in [-0.05, 0) is 45.1 Å². The van der Waals surface area contributed by atoms with E-state index in [9.17, 15) is 4.79 Å². The molecule has 0 aromatic rings. The molecule has 2 aliphatic rings. The second-order valence-corrected chi connectivity index (χ2v) is 5.53. The van der Waals surface area contributed by atoms with Crippen LogP contribution < -0.4 is 5.32 Å². The van der Waals surface area contributed by atoms with Crippen LogP contribution in [0.2, 0.25) is 0 Å². The van der Waals surface area contributed by atoms with Crippen molar-refractivity contribution in [3.05, 3.63) is 0 Å². The van der Waals surface area contributed by atoms with Gasteiger partial charge in [-0.25, -0.2) is 0 Å². The van der Waals surface area contributed by atoms with E-state index in [-0.39, 0.29) is 17.9 Å². The van der Waals surface area contributed by atoms with Gasteiger partial charge in [-0.15, -0.1) is 12.4 Å². The van der Waals surface area contributed by atoms with Crippen molar-refractivity contribution in [3.8, 4) is 0 Å². The molecule has 1 N–H and O–H groups in total. The smallest absolute Gasteiger partial charge is 0.242 e. The van der Waals surface area contributed by atoms with Crippen LogP contribution in [-0.4, -0.2) is 36.0 Å². The summed E-state index contributed by atoms with van der Waals surface area (Å²) >= 11 is 0. The van der Waals surface area contributed by atoms with E-state index in [4.69, 9.17) is 0 Å². The largest absolute Gasteiger partial charge is 0.341 e. The molecule has 2 atom stereocenters. The molecule has 17 heavy (non-hydrogen) atoms. The highest BCUT2D eigenvalue weighted by molar-refractivity contribution is 5.86. The van der Waals surface area contributed by atoms with E-state index < -0.39 is 0 Å². The highest BCUT2D eigenvalue weighted by Crippen LogP contribution is 2.26. The average molecular weight is 261 g/mol. The maximum absolute atomic E-state index is 12.4. The minimum Gasteiger partial charge on any atom is -0.341 e. The number of rotatable bonds is 2. The van der Waals surface area contributed by atoms with Gasteiger partial charge >= 0.3 is 0 Å². The Morgan fingerprint density at radius 2 is 2.24 bits per heavy atom. The lowest BCUT2D eigenvalue weighted by molar-refractivity contribution is -0.137. The molecule has 3 nitrogen and oxygen atoms in total. The number of hydrogen-bond acceptors (Lipinski definition) is 2. The van der Waals surface area contributed by atoms with E-state index in [1.807, 2.05) is 0 Å². The number of amides is 1. The Bertz CT molecular complexity index is 264. The quantitative estimate of drug-likeness (QED) is 0.826. The van der Waals surface area contributed by atoms with Gasteiger partial charge in [0.25, 0.3) is 0 Å². The fourth-order valence-corrected chi connectivity index (χ4v) is 2.94. The molecule has 0 aromatic heterocycles. The van der Waals surface area contributed by atoms with Gasteiger partial charge in [0.1, 0.15) is 0 Å². The zero-order chi connectivity index (χ0) is 11.6. The molecule has 0 spiro atoms. The molecule has 2 heterocycles. The first-order chi connectivity index (χ1) is 7.65. The fourth-order valence-electron chi connectivity index (χ4n) is 2.94. The van der Waals surface area contributed by atoms with Gasteiger partial charge < -0.3 is 10.2 Å². The molecule has 0 aliphatic carbocycles. The molecule has 2 fully saturated rings. The summed E-state index contributed by atoms with van der Waals surface area (Å²) in [6.07, 6.45) is 5.78. The molecule has 0 saturated carbocycles. The van der Waals surface area contributed by atoms with Crippen LogP contribution in [0, 0.1) is 5.92 Å². The van der Waals surface area contributed by atoms with Gasteiger partial charge in [0.15, 0.2) is 0 Å². The summed E-state index contributed by atoms with van der Waals surface area (Å²) in [5, 5.41) is 3.41. The van der Waals surface area contributed by atoms with E-state index in [1.54, 1.807) is 0 Å². The van der Waals surface area contributed by atoms with Crippen LogP contribution in [0.25, 0.3) is 0 Å². The Morgan fingerprint density at radius 3 is 2.76 bits per heavy atom. The molecule has 2 unspecified atom stereocenters. The van der Waals surface area contributed by atoms with Crippen LogP contribution in [0.3, 0.4) is 0 Å². The van der Waals surface area contributed by atoms with Crippen molar-refractivity contribution in [2.24, 2.45) is 5.92 Å². The lowest BCUT2D eigenvalue weighted by atomic mass is 9.89. The maximum atomic E-state index is 12.4. The lowest BCUT2D eigenvalue weighted by Crippen LogP contribution is -2.57. The van der Waals surface area contributed by atoms with Crippen molar-refractivity contribution in [1.82, 2.24) is 10.2 Å². The summed E-state index contributed by atoms with van der Waals surface area (Å²) < 4.78 is 0. The van der Waals surface area contributed by atoms with Crippen LogP contribution in [0.1, 0.15) is 46.0 Å². The van der Waals surface area contributed by atoms with Gasteiger partial charge in [0.2, 0.25) is 5.91 Å². The van der Waals surface area contributed by atoms with Crippen molar-refractivity contribution >= 4 is 18.3 Å². The van der Waals surface area contributed by atoms with E-state index in [2.05, 4.69) is 24.1 Å². The van der Waals surface area contributed by atoms with Crippen molar-refractivity contribution in [3.63, 3.8) is 0 Å². The van der Waals surface area contributed by atoms with Gasteiger partial charge in [-0.3, -0.25) is 4.79 Å². The third-order valence-electron chi connectivity index (χ3n) is 4.24. The third kappa shape index (κ3) is 3.14. The Morgan fingerprint density at radius 1 is 1.47 bits per heavy atom. The van der Waals surface area contributed by atoms with Crippen molar-refractivity contribution in [2.45, 2.75) is 51.5 Å². The summed E-state index contributed by atoms with van der Waals surface area (Å²) in [4.78, 5) is 14.5. The van der Waals surface area contributed by atoms with Gasteiger partial charge in [0.05, 0.1) is 5.54 Å². The lowest BCUT2D eigenvalue weighted by Gasteiger charge is -2.36. The number of nitrogens with one attached hydrogen (secondary N) is 1. The zero-order valence-electron chi connectivity index (χ0n) is 11.0. The molecule has 2 aliphatic heterocycles. The van der Waals surface area contributed by atoms with Crippen LogP contribution in [0.15, 0.2) is 0 Å². The first kappa shape index (κ1) is 14.8. The number of nitrogens with zero attached hydrogens (tertiary/aromatic N) is 1. The Labute approximate surface area is 111 Å². The minimum atomic E-state index is -0.277. The topological polar surface area (TPSA) is 32.3 Å². The summed E-state index contributed by atoms with van der Waals surface area (Å²) in [6.45, 7) is 7.24. The summed E-state index contributed by atoms with van der Waals surface area (Å²) in [6, 6.07) is 0. The normalized spacial score (nSPS) is 33.3. The number of carbonyl (C=O) groups is 1. The van der Waals surface area contributed by atoms with E-state index in [1.165, 1.54) is 25.7 Å². The highest BCUT2D eigenvalue weighted by Gasteiger charge is 2.39. The SMILES string of the molecule is CCC1CCN(C(=O)C2(C)CCCCN2)C1.Cl. The highest BCUT2D eigenvalue weighted by atomic mass is 35.5. The first-order valence-corrected chi connectivity index (χ1v) is 6.70. The van der Waals surface area contributed by atoms with Crippen LogP contribution in [0.5, 0.6) is 0 Å². The maximum Gasteiger partial charge on any atom is 0.242 e. The molecule has 2 rings (SSSR count). The number of piperidine rings is 1. The van der Waals surface area contributed by atoms with Crippen molar-refractivity contribution in [2.75, 3.05) is 19.6 Å². The third-order valence-corrected chi connectivity index (χ3v) is 4.24. The molecular weight excluding hydrogens is 236 g/mol. The zero-order valence-corrected chi connectivity index (χ0v) is 11.8. The van der Waals surface area contributed by atoms with E-state index >= 15 is 0 Å². The minimum absolute atomic E-state index is 0. The molecule has 1 amide bonds. The second-order valence-electron chi connectivity index (χ2n) is 5.53.